The molecule has 1 fully saturated rings. The second kappa shape index (κ2) is 4.95. The van der Waals surface area contributed by atoms with Gasteiger partial charge in [0.2, 0.25) is 0 Å². The van der Waals surface area contributed by atoms with Crippen molar-refractivity contribution in [1.29, 1.82) is 0 Å². The molecular formula is C5H10CsN5. The molecule has 0 unspecified atom stereocenters. The van der Waals surface area contributed by atoms with E-state index in [9.17, 15) is 0 Å². The van der Waals surface area contributed by atoms with Crippen LogP contribution in [0.5, 0.6) is 0 Å². The number of aromatic nitrogens is 4. The van der Waals surface area contributed by atoms with Crippen LogP contribution in [0.2, 0.25) is 0 Å². The van der Waals surface area contributed by atoms with Gasteiger partial charge in [0.15, 0.2) is 5.82 Å². The van der Waals surface area contributed by atoms with E-state index in [2.05, 4.69) is 25.9 Å². The summed E-state index contributed by atoms with van der Waals surface area (Å²) in [6.07, 6.45) is 2.33. The number of nitrogens with one attached hydrogen (secondary N) is 2. The molecule has 1 saturated heterocycles. The summed E-state index contributed by atoms with van der Waals surface area (Å²) in [6, 6.07) is 0.332. The third-order valence-corrected chi connectivity index (χ3v) is 1.73. The Morgan fingerprint density at radius 2 is 2.45 bits per heavy atom. The molecular weight excluding hydrogens is 263 g/mol. The van der Waals surface area contributed by atoms with Crippen LogP contribution < -0.4 is 74.2 Å². The van der Waals surface area contributed by atoms with E-state index in [1.807, 2.05) is 0 Å². The van der Waals surface area contributed by atoms with Gasteiger partial charge in [-0.25, -0.2) is 0 Å². The molecule has 0 saturated carbocycles. The van der Waals surface area contributed by atoms with Gasteiger partial charge in [0.1, 0.15) is 0 Å². The molecule has 5 nitrogen and oxygen atoms in total. The molecule has 2 N–H and O–H groups in total. The average molecular weight is 273 g/mol. The summed E-state index contributed by atoms with van der Waals surface area (Å²) in [4.78, 5) is 0. The van der Waals surface area contributed by atoms with Crippen LogP contribution in [0.1, 0.15) is 26.1 Å². The maximum absolute atomic E-state index is 3.89. The van der Waals surface area contributed by atoms with Gasteiger partial charge in [-0.3, -0.25) is 0 Å². The monoisotopic (exact) mass is 273 g/mol. The van der Waals surface area contributed by atoms with E-state index in [-0.39, 0.29) is 70.3 Å². The molecule has 0 radical (unpaired) electrons. The first kappa shape index (κ1) is 10.2. The van der Waals surface area contributed by atoms with Gasteiger partial charge in [-0.2, -0.15) is 5.21 Å². The maximum Gasteiger partial charge on any atom is 1.00 e. The first-order valence-corrected chi connectivity index (χ1v) is 3.43. The van der Waals surface area contributed by atoms with Crippen molar-refractivity contribution in [2.75, 3.05) is 6.54 Å². The van der Waals surface area contributed by atoms with Crippen molar-refractivity contribution in [3.63, 3.8) is 0 Å². The summed E-state index contributed by atoms with van der Waals surface area (Å²) >= 11 is 0. The van der Waals surface area contributed by atoms with Gasteiger partial charge in [-0.1, -0.05) is 5.21 Å². The van der Waals surface area contributed by atoms with Crippen LogP contribution in [0.4, 0.5) is 0 Å². The second-order valence-corrected chi connectivity index (χ2v) is 2.42. The Balaban J connectivity index is 0.000000605. The number of hydrogen-bond donors (Lipinski definition) is 2. The van der Waals surface area contributed by atoms with Crippen molar-refractivity contribution in [3.8, 4) is 0 Å². The molecule has 0 aromatic carbocycles. The fourth-order valence-electron chi connectivity index (χ4n) is 1.22. The topological polar surface area (TPSA) is 66.5 Å². The van der Waals surface area contributed by atoms with E-state index in [0.29, 0.717) is 6.04 Å². The predicted molar refractivity (Wildman–Crippen MR) is 35.3 cm³/mol. The van der Waals surface area contributed by atoms with E-state index in [1.165, 1.54) is 6.42 Å². The first-order valence-electron chi connectivity index (χ1n) is 3.43. The fraction of sp³-hybridized carbons (Fsp3) is 0.800. The summed E-state index contributed by atoms with van der Waals surface area (Å²) in [6.45, 7) is 1.07. The van der Waals surface area contributed by atoms with Crippen LogP contribution in [0.25, 0.3) is 0 Å². The molecule has 0 spiro atoms. The van der Waals surface area contributed by atoms with E-state index in [4.69, 9.17) is 0 Å². The number of H-pyrrole nitrogens is 1. The van der Waals surface area contributed by atoms with Crippen LogP contribution in [0, 0.1) is 0 Å². The Morgan fingerprint density at radius 3 is 3.00 bits per heavy atom. The van der Waals surface area contributed by atoms with Crippen LogP contribution in [-0.2, 0) is 0 Å². The fourth-order valence-corrected chi connectivity index (χ4v) is 1.22. The molecule has 1 aromatic rings. The largest absolute Gasteiger partial charge is 1.00 e. The van der Waals surface area contributed by atoms with E-state index in [0.717, 1.165) is 18.8 Å². The van der Waals surface area contributed by atoms with Crippen LogP contribution in [-0.4, -0.2) is 27.2 Å². The molecule has 6 heteroatoms. The van der Waals surface area contributed by atoms with Crippen LogP contribution in [0.3, 0.4) is 0 Å². The molecule has 1 atom stereocenters. The zero-order chi connectivity index (χ0) is 6.81. The molecule has 0 aliphatic carbocycles. The zero-order valence-corrected chi connectivity index (χ0v) is 12.8. The summed E-state index contributed by atoms with van der Waals surface area (Å²) in [5, 5.41) is 17.0. The van der Waals surface area contributed by atoms with Gasteiger partial charge in [-0.15, -0.1) is 10.2 Å². The predicted octanol–water partition coefficient (Wildman–Crippen LogP) is -3.26. The van der Waals surface area contributed by atoms with Gasteiger partial charge >= 0.3 is 68.9 Å². The van der Waals surface area contributed by atoms with Crippen molar-refractivity contribution in [2.24, 2.45) is 0 Å². The van der Waals surface area contributed by atoms with E-state index >= 15 is 0 Å². The normalized spacial score (nSPS) is 23.1. The minimum Gasteiger partial charge on any atom is -1.00 e. The van der Waals surface area contributed by atoms with Crippen LogP contribution >= 0.6 is 0 Å². The Kier molecular flexibility index (Phi) is 4.58. The Hall–Kier alpha value is 1.08. The van der Waals surface area contributed by atoms with Gasteiger partial charge in [0.05, 0.1) is 6.04 Å². The smallest absolute Gasteiger partial charge is 1.00 e. The Bertz CT molecular complexity index is 198. The molecule has 1 aliphatic rings. The number of nitrogens with zero attached hydrogens (tertiary/aromatic N) is 3. The quantitative estimate of drug-likeness (QED) is 0.564. The second-order valence-electron chi connectivity index (χ2n) is 2.42. The summed E-state index contributed by atoms with van der Waals surface area (Å²) in [5.41, 5.74) is 0. The van der Waals surface area contributed by atoms with Gasteiger partial charge in [0.25, 0.3) is 0 Å². The third-order valence-electron chi connectivity index (χ3n) is 1.73. The third kappa shape index (κ3) is 2.51. The molecule has 1 aromatic heterocycles. The summed E-state index contributed by atoms with van der Waals surface area (Å²) in [5.74, 6) is 0.789. The molecule has 2 heterocycles. The Labute approximate surface area is 125 Å². The minimum absolute atomic E-state index is 0. The minimum atomic E-state index is 0. The van der Waals surface area contributed by atoms with Gasteiger partial charge < -0.3 is 6.74 Å². The molecule has 1 aliphatic heterocycles. The summed E-state index contributed by atoms with van der Waals surface area (Å²) < 4.78 is 0. The van der Waals surface area contributed by atoms with Gasteiger partial charge in [-0.05, 0) is 19.4 Å². The number of aromatic amines is 1. The average Bonchev–Trinajstić information content (AvgIpc) is 2.59. The zero-order valence-electron chi connectivity index (χ0n) is 7.54. The molecule has 2 rings (SSSR count). The summed E-state index contributed by atoms with van der Waals surface area (Å²) in [7, 11) is 0. The van der Waals surface area contributed by atoms with E-state index < -0.39 is 0 Å². The number of rotatable bonds is 1. The van der Waals surface area contributed by atoms with Crippen molar-refractivity contribution in [2.45, 2.75) is 18.9 Å². The first-order chi connectivity index (χ1) is 4.97. The molecule has 0 bridgehead atoms. The SMILES string of the molecule is C1CN[C@@H](c2nn[nH]n2)C1.[Cs+].[H-]. The molecule has 56 valence electrons. The van der Waals surface area contributed by atoms with Crippen molar-refractivity contribution >= 4 is 0 Å². The number of hydrogen-bond acceptors (Lipinski definition) is 4. The molecule has 0 amide bonds. The van der Waals surface area contributed by atoms with Crippen molar-refractivity contribution in [3.05, 3.63) is 5.82 Å². The van der Waals surface area contributed by atoms with Crippen molar-refractivity contribution in [1.82, 2.24) is 25.9 Å². The van der Waals surface area contributed by atoms with Gasteiger partial charge in [0, 0.05) is 0 Å². The van der Waals surface area contributed by atoms with Crippen molar-refractivity contribution < 1.29 is 70.3 Å². The standard InChI is InChI=1S/C5H9N5.Cs.H/c1-2-4(6-3-1)5-7-9-10-8-5;;/h4,6H,1-3H2,(H,7,8,9,10);;/q;+1;-1/t4-;;/m1../s1. The number of tetrazole rings is 1. The van der Waals surface area contributed by atoms with Crippen LogP contribution in [0.15, 0.2) is 0 Å². The Morgan fingerprint density at radius 1 is 1.55 bits per heavy atom. The maximum atomic E-state index is 3.89. The van der Waals surface area contributed by atoms with E-state index in [1.54, 1.807) is 0 Å². The molecule has 11 heavy (non-hydrogen) atoms.